The van der Waals surface area contributed by atoms with Crippen molar-refractivity contribution in [1.29, 1.82) is 0 Å². The van der Waals surface area contributed by atoms with E-state index in [4.69, 9.17) is 4.42 Å². The molecular weight excluding hydrogens is 234 g/mol. The molecule has 0 amide bonds. The van der Waals surface area contributed by atoms with Gasteiger partial charge in [0.25, 0.3) is 0 Å². The smallest absolute Gasteiger partial charge is 0.105 e. The third-order valence-corrected chi connectivity index (χ3v) is 3.65. The van der Waals surface area contributed by atoms with Crippen molar-refractivity contribution in [3.8, 4) is 0 Å². The molecule has 102 valence electrons. The van der Waals surface area contributed by atoms with Crippen molar-refractivity contribution in [2.75, 3.05) is 6.54 Å². The molecule has 1 atom stereocenters. The number of furan rings is 1. The van der Waals surface area contributed by atoms with Gasteiger partial charge in [-0.3, -0.25) is 0 Å². The number of rotatable bonds is 5. The average Bonchev–Trinajstić information content (AvgIpc) is 2.71. The Bertz CT molecular complexity index is 542. The van der Waals surface area contributed by atoms with Crippen LogP contribution in [0.1, 0.15) is 41.2 Å². The summed E-state index contributed by atoms with van der Waals surface area (Å²) in [6, 6.07) is 11.0. The Morgan fingerprint density at radius 3 is 2.53 bits per heavy atom. The van der Waals surface area contributed by atoms with Crippen LogP contribution >= 0.6 is 0 Å². The summed E-state index contributed by atoms with van der Waals surface area (Å²) >= 11 is 0. The highest BCUT2D eigenvalue weighted by molar-refractivity contribution is 5.26. The zero-order valence-corrected chi connectivity index (χ0v) is 12.3. The topological polar surface area (TPSA) is 25.2 Å². The van der Waals surface area contributed by atoms with Crippen LogP contribution in [0.15, 0.2) is 34.7 Å². The van der Waals surface area contributed by atoms with Crippen molar-refractivity contribution < 1.29 is 4.42 Å². The summed E-state index contributed by atoms with van der Waals surface area (Å²) in [6.07, 6.45) is 1.06. The second kappa shape index (κ2) is 6.07. The standard InChI is InChI=1S/C17H23NO/c1-12-7-5-6-8-16(12)9-10-18-14(3)17-11-13(2)19-15(17)4/h5-8,11,14,18H,9-10H2,1-4H3. The predicted octanol–water partition coefficient (Wildman–Crippen LogP) is 4.10. The SMILES string of the molecule is Cc1cc(C(C)NCCc2ccccc2C)c(C)o1. The van der Waals surface area contributed by atoms with E-state index in [0.717, 1.165) is 24.5 Å². The van der Waals surface area contributed by atoms with E-state index in [2.05, 4.69) is 49.5 Å². The predicted molar refractivity (Wildman–Crippen MR) is 79.5 cm³/mol. The fourth-order valence-electron chi connectivity index (χ4n) is 2.50. The Morgan fingerprint density at radius 1 is 1.16 bits per heavy atom. The molecule has 0 bridgehead atoms. The molecule has 0 saturated carbocycles. The molecule has 0 spiro atoms. The van der Waals surface area contributed by atoms with E-state index in [1.807, 2.05) is 13.8 Å². The van der Waals surface area contributed by atoms with Crippen LogP contribution in [0, 0.1) is 20.8 Å². The number of hydrogen-bond donors (Lipinski definition) is 1. The average molecular weight is 257 g/mol. The van der Waals surface area contributed by atoms with Crippen LogP contribution in [0.25, 0.3) is 0 Å². The largest absolute Gasteiger partial charge is 0.466 e. The first-order valence-corrected chi connectivity index (χ1v) is 6.92. The van der Waals surface area contributed by atoms with Gasteiger partial charge in [-0.1, -0.05) is 24.3 Å². The fraction of sp³-hybridized carbons (Fsp3) is 0.412. The zero-order valence-electron chi connectivity index (χ0n) is 12.3. The highest BCUT2D eigenvalue weighted by atomic mass is 16.3. The lowest BCUT2D eigenvalue weighted by Crippen LogP contribution is -2.21. The van der Waals surface area contributed by atoms with Gasteiger partial charge in [-0.05, 0) is 57.9 Å². The Hall–Kier alpha value is -1.54. The van der Waals surface area contributed by atoms with Gasteiger partial charge in [0.1, 0.15) is 11.5 Å². The molecule has 2 rings (SSSR count). The van der Waals surface area contributed by atoms with Gasteiger partial charge in [-0.15, -0.1) is 0 Å². The minimum absolute atomic E-state index is 0.335. The molecule has 0 aliphatic carbocycles. The molecule has 1 heterocycles. The van der Waals surface area contributed by atoms with E-state index in [-0.39, 0.29) is 0 Å². The molecule has 2 heteroatoms. The lowest BCUT2D eigenvalue weighted by atomic mass is 10.1. The molecule has 2 aromatic rings. The molecule has 0 aliphatic heterocycles. The van der Waals surface area contributed by atoms with Gasteiger partial charge < -0.3 is 9.73 Å². The van der Waals surface area contributed by atoms with Crippen LogP contribution in [-0.4, -0.2) is 6.54 Å². The molecule has 19 heavy (non-hydrogen) atoms. The molecule has 0 saturated heterocycles. The lowest BCUT2D eigenvalue weighted by molar-refractivity contribution is 0.490. The maximum absolute atomic E-state index is 5.58. The van der Waals surface area contributed by atoms with E-state index in [1.54, 1.807) is 0 Å². The highest BCUT2D eigenvalue weighted by Gasteiger charge is 2.11. The first-order valence-electron chi connectivity index (χ1n) is 6.92. The Balaban J connectivity index is 1.89. The third-order valence-electron chi connectivity index (χ3n) is 3.65. The van der Waals surface area contributed by atoms with Gasteiger partial charge in [0.2, 0.25) is 0 Å². The van der Waals surface area contributed by atoms with Gasteiger partial charge in [-0.2, -0.15) is 0 Å². The van der Waals surface area contributed by atoms with E-state index in [1.165, 1.54) is 16.7 Å². The first kappa shape index (κ1) is 13.9. The summed E-state index contributed by atoms with van der Waals surface area (Å²) in [4.78, 5) is 0. The minimum Gasteiger partial charge on any atom is -0.466 e. The molecular formula is C17H23NO. The summed E-state index contributed by atoms with van der Waals surface area (Å²) in [5.41, 5.74) is 4.05. The number of benzene rings is 1. The second-order valence-electron chi connectivity index (χ2n) is 5.22. The van der Waals surface area contributed by atoms with Crippen molar-refractivity contribution in [2.45, 2.75) is 40.2 Å². The van der Waals surface area contributed by atoms with Crippen LogP contribution < -0.4 is 5.32 Å². The molecule has 1 unspecified atom stereocenters. The first-order chi connectivity index (χ1) is 9.08. The molecule has 0 radical (unpaired) electrons. The molecule has 1 N–H and O–H groups in total. The van der Waals surface area contributed by atoms with Crippen molar-refractivity contribution in [3.63, 3.8) is 0 Å². The Labute approximate surface area is 115 Å². The van der Waals surface area contributed by atoms with Crippen LogP contribution in [-0.2, 0) is 6.42 Å². The van der Waals surface area contributed by atoms with Crippen molar-refractivity contribution in [1.82, 2.24) is 5.32 Å². The summed E-state index contributed by atoms with van der Waals surface area (Å²) in [6.45, 7) is 9.37. The van der Waals surface area contributed by atoms with Gasteiger partial charge in [-0.25, -0.2) is 0 Å². The van der Waals surface area contributed by atoms with Gasteiger partial charge >= 0.3 is 0 Å². The Morgan fingerprint density at radius 2 is 1.89 bits per heavy atom. The lowest BCUT2D eigenvalue weighted by Gasteiger charge is -2.13. The molecule has 0 fully saturated rings. The van der Waals surface area contributed by atoms with Crippen LogP contribution in [0.5, 0.6) is 0 Å². The van der Waals surface area contributed by atoms with Gasteiger partial charge in [0.15, 0.2) is 0 Å². The number of aryl methyl sites for hydroxylation is 3. The van der Waals surface area contributed by atoms with E-state index < -0.39 is 0 Å². The van der Waals surface area contributed by atoms with Crippen LogP contribution in [0.2, 0.25) is 0 Å². The molecule has 0 aliphatic rings. The molecule has 1 aromatic heterocycles. The van der Waals surface area contributed by atoms with E-state index in [9.17, 15) is 0 Å². The van der Waals surface area contributed by atoms with Crippen molar-refractivity contribution in [2.24, 2.45) is 0 Å². The van der Waals surface area contributed by atoms with Gasteiger partial charge in [0, 0.05) is 11.6 Å². The maximum atomic E-state index is 5.58. The summed E-state index contributed by atoms with van der Waals surface area (Å²) < 4.78 is 5.58. The quantitative estimate of drug-likeness (QED) is 0.872. The van der Waals surface area contributed by atoms with Crippen LogP contribution in [0.4, 0.5) is 0 Å². The van der Waals surface area contributed by atoms with Crippen molar-refractivity contribution >= 4 is 0 Å². The molecule has 1 aromatic carbocycles. The summed E-state index contributed by atoms with van der Waals surface area (Å²) in [7, 11) is 0. The highest BCUT2D eigenvalue weighted by Crippen LogP contribution is 2.21. The maximum Gasteiger partial charge on any atom is 0.105 e. The summed E-state index contributed by atoms with van der Waals surface area (Å²) in [5, 5.41) is 3.57. The third kappa shape index (κ3) is 3.48. The number of nitrogens with one attached hydrogen (secondary N) is 1. The minimum atomic E-state index is 0.335. The van der Waals surface area contributed by atoms with E-state index >= 15 is 0 Å². The van der Waals surface area contributed by atoms with Crippen molar-refractivity contribution in [3.05, 3.63) is 58.5 Å². The second-order valence-corrected chi connectivity index (χ2v) is 5.22. The Kier molecular flexibility index (Phi) is 4.43. The van der Waals surface area contributed by atoms with Gasteiger partial charge in [0.05, 0.1) is 0 Å². The monoisotopic (exact) mass is 257 g/mol. The van der Waals surface area contributed by atoms with E-state index in [0.29, 0.717) is 6.04 Å². The van der Waals surface area contributed by atoms with Crippen LogP contribution in [0.3, 0.4) is 0 Å². The number of hydrogen-bond acceptors (Lipinski definition) is 2. The molecule has 2 nitrogen and oxygen atoms in total. The summed E-state index contributed by atoms with van der Waals surface area (Å²) in [5.74, 6) is 2.01. The normalized spacial score (nSPS) is 12.6. The zero-order chi connectivity index (χ0) is 13.8. The fourth-order valence-corrected chi connectivity index (χ4v) is 2.50.